The van der Waals surface area contributed by atoms with E-state index in [4.69, 9.17) is 5.73 Å². The van der Waals surface area contributed by atoms with Crippen molar-refractivity contribution in [2.75, 3.05) is 17.6 Å². The standard InChI is InChI=1S/C25H30N6O2/c1-4-17-9-15(2)22(16(3)10-17)31-14-29-23(26)21(25(31)33)24(32)30-19-11-18(12-27-13-19)20-7-5-6-8-28-20/h9-14,20,28H,4-8,26H2,1-3H3,(H,30,32)/t20-/m1/s1. The second kappa shape index (κ2) is 9.54. The number of rotatable bonds is 5. The van der Waals surface area contributed by atoms with Crippen molar-refractivity contribution < 1.29 is 4.79 Å². The van der Waals surface area contributed by atoms with E-state index < -0.39 is 11.5 Å². The number of amides is 1. The molecule has 172 valence electrons. The molecule has 8 heteroatoms. The number of hydrogen-bond acceptors (Lipinski definition) is 6. The molecule has 4 rings (SSSR count). The van der Waals surface area contributed by atoms with Gasteiger partial charge in [0.2, 0.25) is 0 Å². The van der Waals surface area contributed by atoms with E-state index in [9.17, 15) is 9.59 Å². The third-order valence-electron chi connectivity index (χ3n) is 6.16. The zero-order valence-electron chi connectivity index (χ0n) is 19.3. The fourth-order valence-corrected chi connectivity index (χ4v) is 4.52. The quantitative estimate of drug-likeness (QED) is 0.553. The van der Waals surface area contributed by atoms with Crippen molar-refractivity contribution in [2.45, 2.75) is 52.5 Å². The van der Waals surface area contributed by atoms with Crippen LogP contribution in [-0.4, -0.2) is 27.0 Å². The van der Waals surface area contributed by atoms with Crippen molar-refractivity contribution in [2.24, 2.45) is 0 Å². The molecule has 3 aromatic rings. The molecule has 0 aliphatic carbocycles. The molecule has 4 N–H and O–H groups in total. The summed E-state index contributed by atoms with van der Waals surface area (Å²) < 4.78 is 1.40. The number of nitrogen functional groups attached to an aromatic ring is 1. The molecule has 8 nitrogen and oxygen atoms in total. The molecule has 0 spiro atoms. The largest absolute Gasteiger partial charge is 0.383 e. The van der Waals surface area contributed by atoms with E-state index in [1.54, 1.807) is 12.4 Å². The van der Waals surface area contributed by atoms with Crippen LogP contribution in [-0.2, 0) is 6.42 Å². The Kier molecular flexibility index (Phi) is 6.55. The highest BCUT2D eigenvalue weighted by Crippen LogP contribution is 2.25. The number of aryl methyl sites for hydroxylation is 3. The molecule has 1 saturated heterocycles. The van der Waals surface area contributed by atoms with Crippen LogP contribution in [0.15, 0.2) is 41.7 Å². The number of nitrogens with zero attached hydrogens (tertiary/aromatic N) is 3. The van der Waals surface area contributed by atoms with Crippen molar-refractivity contribution in [3.05, 3.63) is 75.1 Å². The molecular weight excluding hydrogens is 416 g/mol. The highest BCUT2D eigenvalue weighted by atomic mass is 16.2. The number of carbonyl (C=O) groups excluding carboxylic acids is 1. The van der Waals surface area contributed by atoms with Gasteiger partial charge in [0, 0.05) is 12.2 Å². The van der Waals surface area contributed by atoms with Gasteiger partial charge in [0.1, 0.15) is 17.7 Å². The number of hydrogen-bond donors (Lipinski definition) is 3. The normalized spacial score (nSPS) is 15.9. The molecule has 33 heavy (non-hydrogen) atoms. The lowest BCUT2D eigenvalue weighted by Crippen LogP contribution is -2.31. The highest BCUT2D eigenvalue weighted by Gasteiger charge is 2.21. The summed E-state index contributed by atoms with van der Waals surface area (Å²) in [6.07, 6.45) is 8.98. The van der Waals surface area contributed by atoms with Gasteiger partial charge in [-0.1, -0.05) is 25.5 Å². The zero-order chi connectivity index (χ0) is 23.5. The van der Waals surface area contributed by atoms with Gasteiger partial charge in [0.15, 0.2) is 0 Å². The summed E-state index contributed by atoms with van der Waals surface area (Å²) in [4.78, 5) is 34.9. The average molecular weight is 447 g/mol. The van der Waals surface area contributed by atoms with Gasteiger partial charge in [-0.25, -0.2) is 4.98 Å². The number of benzene rings is 1. The Morgan fingerprint density at radius 2 is 1.97 bits per heavy atom. The number of nitrogens with one attached hydrogen (secondary N) is 2. The van der Waals surface area contributed by atoms with Crippen molar-refractivity contribution in [1.82, 2.24) is 19.9 Å². The highest BCUT2D eigenvalue weighted by molar-refractivity contribution is 6.06. The monoisotopic (exact) mass is 446 g/mol. The lowest BCUT2D eigenvalue weighted by molar-refractivity contribution is 0.102. The number of piperidine rings is 1. The van der Waals surface area contributed by atoms with Crippen LogP contribution in [0.2, 0.25) is 0 Å². The van der Waals surface area contributed by atoms with E-state index in [1.807, 2.05) is 32.0 Å². The van der Waals surface area contributed by atoms with Crippen molar-refractivity contribution >= 4 is 17.4 Å². The minimum atomic E-state index is -0.601. The number of carbonyl (C=O) groups is 1. The van der Waals surface area contributed by atoms with Crippen LogP contribution in [0.1, 0.15) is 64.8 Å². The molecule has 0 bridgehead atoms. The Balaban J connectivity index is 1.67. The summed E-state index contributed by atoms with van der Waals surface area (Å²) in [5, 5.41) is 6.26. The molecule has 0 saturated carbocycles. The van der Waals surface area contributed by atoms with Gasteiger partial charge in [-0.3, -0.25) is 19.1 Å². The molecule has 3 heterocycles. The number of anilines is 2. The van der Waals surface area contributed by atoms with E-state index in [2.05, 4.69) is 27.5 Å². The van der Waals surface area contributed by atoms with Gasteiger partial charge in [0.05, 0.1) is 17.6 Å². The third-order valence-corrected chi connectivity index (χ3v) is 6.16. The maximum absolute atomic E-state index is 13.4. The van der Waals surface area contributed by atoms with Gasteiger partial charge in [0.25, 0.3) is 11.5 Å². The lowest BCUT2D eigenvalue weighted by atomic mass is 9.99. The predicted molar refractivity (Wildman–Crippen MR) is 130 cm³/mol. The average Bonchev–Trinajstić information content (AvgIpc) is 2.80. The summed E-state index contributed by atoms with van der Waals surface area (Å²) in [5.41, 5.74) is 10.6. The van der Waals surface area contributed by atoms with E-state index in [0.29, 0.717) is 11.4 Å². The number of pyridine rings is 1. The first-order valence-corrected chi connectivity index (χ1v) is 11.4. The summed E-state index contributed by atoms with van der Waals surface area (Å²) in [7, 11) is 0. The van der Waals surface area contributed by atoms with Crippen LogP contribution in [0.4, 0.5) is 11.5 Å². The Morgan fingerprint density at radius 1 is 1.21 bits per heavy atom. The summed E-state index contributed by atoms with van der Waals surface area (Å²) in [5.74, 6) is -0.706. The van der Waals surface area contributed by atoms with Crippen LogP contribution in [0.3, 0.4) is 0 Å². The predicted octanol–water partition coefficient (Wildman–Crippen LogP) is 3.46. The summed E-state index contributed by atoms with van der Waals surface area (Å²) in [6, 6.07) is 6.18. The molecule has 0 unspecified atom stereocenters. The van der Waals surface area contributed by atoms with Crippen molar-refractivity contribution in [3.63, 3.8) is 0 Å². The Bertz CT molecular complexity index is 1220. The lowest BCUT2D eigenvalue weighted by Gasteiger charge is -2.23. The molecule has 1 aliphatic rings. The van der Waals surface area contributed by atoms with E-state index >= 15 is 0 Å². The van der Waals surface area contributed by atoms with Crippen LogP contribution < -0.4 is 21.9 Å². The SMILES string of the molecule is CCc1cc(C)c(-n2cnc(N)c(C(=O)Nc3cncc([C@H]4CCCCN4)c3)c2=O)c(C)c1. The maximum Gasteiger partial charge on any atom is 0.272 e. The zero-order valence-corrected chi connectivity index (χ0v) is 19.3. The Labute approximate surface area is 193 Å². The first-order chi connectivity index (χ1) is 15.9. The first-order valence-electron chi connectivity index (χ1n) is 11.4. The van der Waals surface area contributed by atoms with Gasteiger partial charge in [-0.2, -0.15) is 0 Å². The fourth-order valence-electron chi connectivity index (χ4n) is 4.52. The first kappa shape index (κ1) is 22.7. The Morgan fingerprint density at radius 3 is 2.64 bits per heavy atom. The van der Waals surface area contributed by atoms with E-state index in [-0.39, 0.29) is 17.4 Å². The molecule has 1 amide bonds. The van der Waals surface area contributed by atoms with Crippen LogP contribution in [0.5, 0.6) is 0 Å². The molecule has 2 aromatic heterocycles. The topological polar surface area (TPSA) is 115 Å². The van der Waals surface area contributed by atoms with Crippen LogP contribution in [0, 0.1) is 13.8 Å². The second-order valence-corrected chi connectivity index (χ2v) is 8.58. The van der Waals surface area contributed by atoms with Gasteiger partial charge >= 0.3 is 0 Å². The van der Waals surface area contributed by atoms with Crippen molar-refractivity contribution in [3.8, 4) is 5.69 Å². The minimum absolute atomic E-state index is 0.104. The number of aromatic nitrogens is 3. The molecule has 1 aromatic carbocycles. The smallest absolute Gasteiger partial charge is 0.272 e. The minimum Gasteiger partial charge on any atom is -0.383 e. The van der Waals surface area contributed by atoms with E-state index in [0.717, 1.165) is 48.9 Å². The maximum atomic E-state index is 13.4. The summed E-state index contributed by atoms with van der Waals surface area (Å²) >= 11 is 0. The molecular formula is C25H30N6O2. The molecule has 1 aliphatic heterocycles. The second-order valence-electron chi connectivity index (χ2n) is 8.58. The molecule has 1 fully saturated rings. The fraction of sp³-hybridized carbons (Fsp3) is 0.360. The number of nitrogens with two attached hydrogens (primary N) is 1. The van der Waals surface area contributed by atoms with Gasteiger partial charge in [-0.15, -0.1) is 0 Å². The molecule has 1 atom stereocenters. The van der Waals surface area contributed by atoms with Gasteiger partial charge < -0.3 is 16.4 Å². The van der Waals surface area contributed by atoms with E-state index in [1.165, 1.54) is 16.5 Å². The van der Waals surface area contributed by atoms with Crippen LogP contribution >= 0.6 is 0 Å². The third kappa shape index (κ3) is 4.66. The van der Waals surface area contributed by atoms with Crippen LogP contribution in [0.25, 0.3) is 5.69 Å². The van der Waals surface area contributed by atoms with Gasteiger partial charge in [-0.05, 0) is 68.0 Å². The molecule has 0 radical (unpaired) electrons. The Hall–Kier alpha value is -3.52. The van der Waals surface area contributed by atoms with Crippen molar-refractivity contribution in [1.29, 1.82) is 0 Å². The summed E-state index contributed by atoms with van der Waals surface area (Å²) in [6.45, 7) is 6.94.